The van der Waals surface area contributed by atoms with Gasteiger partial charge in [-0.25, -0.2) is 9.50 Å². The number of benzene rings is 2. The van der Waals surface area contributed by atoms with E-state index in [1.54, 1.807) is 11.6 Å². The highest BCUT2D eigenvalue weighted by molar-refractivity contribution is 5.92. The molecular weight excluding hydrogens is 340 g/mol. The van der Waals surface area contributed by atoms with Gasteiger partial charge in [-0.15, -0.1) is 0 Å². The van der Waals surface area contributed by atoms with Crippen LogP contribution >= 0.6 is 0 Å². The molecule has 0 unspecified atom stereocenters. The number of carbonyl (C=O) groups is 1. The molecule has 0 spiro atoms. The molecule has 0 saturated carbocycles. The van der Waals surface area contributed by atoms with Gasteiger partial charge in [0.25, 0.3) is 0 Å². The van der Waals surface area contributed by atoms with Crippen LogP contribution in [0.15, 0.2) is 73.2 Å². The molecule has 2 aromatic heterocycles. The minimum Gasteiger partial charge on any atom is -0.497 e. The second-order valence-corrected chi connectivity index (χ2v) is 6.13. The van der Waals surface area contributed by atoms with E-state index in [0.717, 1.165) is 33.8 Å². The fourth-order valence-electron chi connectivity index (χ4n) is 2.87. The van der Waals surface area contributed by atoms with Crippen LogP contribution in [0.25, 0.3) is 16.8 Å². The highest BCUT2D eigenvalue weighted by Gasteiger charge is 2.06. The van der Waals surface area contributed by atoms with Crippen molar-refractivity contribution in [2.75, 3.05) is 12.4 Å². The van der Waals surface area contributed by atoms with E-state index in [-0.39, 0.29) is 5.91 Å². The molecule has 0 aliphatic carbocycles. The van der Waals surface area contributed by atoms with Crippen molar-refractivity contribution in [2.24, 2.45) is 0 Å². The number of ether oxygens (including phenoxy) is 1. The summed E-state index contributed by atoms with van der Waals surface area (Å²) in [5.41, 5.74) is 4.63. The molecule has 6 nitrogen and oxygen atoms in total. The number of pyridine rings is 1. The fourth-order valence-corrected chi connectivity index (χ4v) is 2.87. The number of methoxy groups -OCH3 is 1. The Hall–Kier alpha value is -3.67. The zero-order valence-corrected chi connectivity index (χ0v) is 14.8. The lowest BCUT2D eigenvalue weighted by Gasteiger charge is -2.07. The van der Waals surface area contributed by atoms with E-state index in [4.69, 9.17) is 4.74 Å². The van der Waals surface area contributed by atoms with Crippen LogP contribution in [-0.2, 0) is 11.2 Å². The van der Waals surface area contributed by atoms with Crippen LogP contribution in [-0.4, -0.2) is 27.6 Å². The Morgan fingerprint density at radius 2 is 1.81 bits per heavy atom. The Bertz CT molecular complexity index is 1070. The van der Waals surface area contributed by atoms with Crippen LogP contribution in [0.1, 0.15) is 5.56 Å². The topological polar surface area (TPSA) is 68.5 Å². The number of hydrogen-bond acceptors (Lipinski definition) is 4. The first-order valence-corrected chi connectivity index (χ1v) is 8.54. The molecule has 4 aromatic rings. The largest absolute Gasteiger partial charge is 0.497 e. The van der Waals surface area contributed by atoms with Gasteiger partial charge in [0.15, 0.2) is 5.65 Å². The molecule has 4 rings (SSSR count). The van der Waals surface area contributed by atoms with Crippen molar-refractivity contribution in [1.29, 1.82) is 0 Å². The van der Waals surface area contributed by atoms with E-state index in [0.29, 0.717) is 6.42 Å². The molecule has 1 amide bonds. The quantitative estimate of drug-likeness (QED) is 0.592. The van der Waals surface area contributed by atoms with Crippen molar-refractivity contribution < 1.29 is 9.53 Å². The van der Waals surface area contributed by atoms with Crippen LogP contribution in [0, 0.1) is 0 Å². The summed E-state index contributed by atoms with van der Waals surface area (Å²) in [5.74, 6) is 0.700. The minimum atomic E-state index is -0.0576. The van der Waals surface area contributed by atoms with Gasteiger partial charge in [0.2, 0.25) is 5.91 Å². The number of amides is 1. The Balaban J connectivity index is 1.42. The third-order valence-electron chi connectivity index (χ3n) is 4.31. The SMILES string of the molecule is COc1ccc(NC(=O)Cc2ccc(-c3ccn4ncnc4c3)cc2)cc1. The van der Waals surface area contributed by atoms with Gasteiger partial charge in [-0.1, -0.05) is 24.3 Å². The normalized spacial score (nSPS) is 10.7. The Kier molecular flexibility index (Phi) is 4.53. The first-order valence-electron chi connectivity index (χ1n) is 8.54. The molecule has 27 heavy (non-hydrogen) atoms. The number of aromatic nitrogens is 3. The van der Waals surface area contributed by atoms with Crippen molar-refractivity contribution in [3.8, 4) is 16.9 Å². The molecule has 6 heteroatoms. The molecule has 134 valence electrons. The molecule has 0 atom stereocenters. The van der Waals surface area contributed by atoms with Gasteiger partial charge < -0.3 is 10.1 Å². The smallest absolute Gasteiger partial charge is 0.228 e. The second-order valence-electron chi connectivity index (χ2n) is 6.13. The summed E-state index contributed by atoms with van der Waals surface area (Å²) in [6.07, 6.45) is 3.73. The zero-order valence-electron chi connectivity index (χ0n) is 14.8. The van der Waals surface area contributed by atoms with Crippen molar-refractivity contribution in [3.63, 3.8) is 0 Å². The number of carbonyl (C=O) groups excluding carboxylic acids is 1. The molecule has 0 fully saturated rings. The maximum Gasteiger partial charge on any atom is 0.228 e. The van der Waals surface area contributed by atoms with Gasteiger partial charge in [-0.3, -0.25) is 4.79 Å². The van der Waals surface area contributed by atoms with Crippen molar-refractivity contribution in [1.82, 2.24) is 14.6 Å². The molecule has 0 bridgehead atoms. The first-order chi connectivity index (χ1) is 13.2. The number of anilines is 1. The van der Waals surface area contributed by atoms with Gasteiger partial charge in [0.05, 0.1) is 13.5 Å². The average molecular weight is 358 g/mol. The van der Waals surface area contributed by atoms with Crippen LogP contribution in [0.3, 0.4) is 0 Å². The molecule has 2 heterocycles. The fraction of sp³-hybridized carbons (Fsp3) is 0.0952. The van der Waals surface area contributed by atoms with E-state index >= 15 is 0 Å². The van der Waals surface area contributed by atoms with Crippen molar-refractivity contribution >= 4 is 17.2 Å². The average Bonchev–Trinajstić information content (AvgIpc) is 3.17. The molecule has 2 aromatic carbocycles. The number of nitrogens with one attached hydrogen (secondary N) is 1. The third kappa shape index (κ3) is 3.79. The Labute approximate surface area is 156 Å². The number of rotatable bonds is 5. The summed E-state index contributed by atoms with van der Waals surface area (Å²) in [4.78, 5) is 16.5. The van der Waals surface area contributed by atoms with Crippen molar-refractivity contribution in [3.05, 3.63) is 78.8 Å². The third-order valence-corrected chi connectivity index (χ3v) is 4.31. The van der Waals surface area contributed by atoms with Gasteiger partial charge >= 0.3 is 0 Å². The maximum absolute atomic E-state index is 12.2. The summed E-state index contributed by atoms with van der Waals surface area (Å²) < 4.78 is 6.84. The summed E-state index contributed by atoms with van der Waals surface area (Å²) >= 11 is 0. The number of fused-ring (bicyclic) bond motifs is 1. The summed E-state index contributed by atoms with van der Waals surface area (Å²) in [6, 6.07) is 19.2. The molecule has 0 radical (unpaired) electrons. The molecule has 0 aliphatic heterocycles. The summed E-state index contributed by atoms with van der Waals surface area (Å²) in [5, 5.41) is 6.99. The highest BCUT2D eigenvalue weighted by atomic mass is 16.5. The summed E-state index contributed by atoms with van der Waals surface area (Å²) in [6.45, 7) is 0. The predicted octanol–water partition coefficient (Wildman–Crippen LogP) is 3.59. The minimum absolute atomic E-state index is 0.0576. The lowest BCUT2D eigenvalue weighted by Crippen LogP contribution is -2.14. The molecular formula is C21H18N4O2. The molecule has 0 saturated heterocycles. The predicted molar refractivity (Wildman–Crippen MR) is 104 cm³/mol. The Morgan fingerprint density at radius 1 is 1.04 bits per heavy atom. The highest BCUT2D eigenvalue weighted by Crippen LogP contribution is 2.21. The second kappa shape index (κ2) is 7.29. The van der Waals surface area contributed by atoms with E-state index in [1.165, 1.54) is 6.33 Å². The zero-order chi connectivity index (χ0) is 18.6. The van der Waals surface area contributed by atoms with E-state index in [9.17, 15) is 4.79 Å². The van der Waals surface area contributed by atoms with Crippen LogP contribution in [0.2, 0.25) is 0 Å². The number of hydrogen-bond donors (Lipinski definition) is 1. The lowest BCUT2D eigenvalue weighted by atomic mass is 10.0. The van der Waals surface area contributed by atoms with E-state index in [1.807, 2.05) is 66.9 Å². The van der Waals surface area contributed by atoms with Gasteiger partial charge in [-0.2, -0.15) is 5.10 Å². The van der Waals surface area contributed by atoms with Crippen LogP contribution in [0.5, 0.6) is 5.75 Å². The Morgan fingerprint density at radius 3 is 2.56 bits per heavy atom. The molecule has 0 aliphatic rings. The monoisotopic (exact) mass is 358 g/mol. The van der Waals surface area contributed by atoms with E-state index < -0.39 is 0 Å². The van der Waals surface area contributed by atoms with Gasteiger partial charge in [-0.05, 0) is 53.1 Å². The first kappa shape index (κ1) is 16.8. The standard InChI is InChI=1S/C21H18N4O2/c1-27-19-8-6-18(7-9-19)24-21(26)12-15-2-4-16(5-3-15)17-10-11-25-20(13-17)22-14-23-25/h2-11,13-14H,12H2,1H3,(H,24,26). The molecule has 1 N–H and O–H groups in total. The summed E-state index contributed by atoms with van der Waals surface area (Å²) in [7, 11) is 1.61. The van der Waals surface area contributed by atoms with Crippen LogP contribution < -0.4 is 10.1 Å². The maximum atomic E-state index is 12.2. The van der Waals surface area contributed by atoms with Crippen molar-refractivity contribution in [2.45, 2.75) is 6.42 Å². The van der Waals surface area contributed by atoms with E-state index in [2.05, 4.69) is 15.4 Å². The van der Waals surface area contributed by atoms with Gasteiger partial charge in [0.1, 0.15) is 12.1 Å². The van der Waals surface area contributed by atoms with Gasteiger partial charge in [0, 0.05) is 11.9 Å². The lowest BCUT2D eigenvalue weighted by molar-refractivity contribution is -0.115. The number of nitrogens with zero attached hydrogens (tertiary/aromatic N) is 3. The van der Waals surface area contributed by atoms with Crippen LogP contribution in [0.4, 0.5) is 5.69 Å².